The van der Waals surface area contributed by atoms with Crippen LogP contribution in [0.1, 0.15) is 13.8 Å². The van der Waals surface area contributed by atoms with Gasteiger partial charge in [-0.15, -0.1) is 0 Å². The molecule has 0 spiro atoms. The molecule has 35 heavy (non-hydrogen) atoms. The van der Waals surface area contributed by atoms with Crippen LogP contribution in [0.3, 0.4) is 0 Å². The van der Waals surface area contributed by atoms with E-state index in [1.165, 1.54) is 23.7 Å². The summed E-state index contributed by atoms with van der Waals surface area (Å²) in [5.41, 5.74) is 1.00. The first-order chi connectivity index (χ1) is 16.8. The minimum absolute atomic E-state index is 0.0416. The highest BCUT2D eigenvalue weighted by molar-refractivity contribution is 7.11. The van der Waals surface area contributed by atoms with Gasteiger partial charge in [-0.1, -0.05) is 56.3 Å². The summed E-state index contributed by atoms with van der Waals surface area (Å²) < 4.78 is 20.5. The quantitative estimate of drug-likeness (QED) is 0.320. The van der Waals surface area contributed by atoms with Crippen LogP contribution in [0.15, 0.2) is 55.1 Å². The van der Waals surface area contributed by atoms with Crippen LogP contribution in [-0.4, -0.2) is 46.0 Å². The van der Waals surface area contributed by atoms with Gasteiger partial charge in [0.1, 0.15) is 16.3 Å². The van der Waals surface area contributed by atoms with Crippen LogP contribution >= 0.6 is 23.1 Å². The fourth-order valence-corrected chi connectivity index (χ4v) is 6.15. The van der Waals surface area contributed by atoms with Gasteiger partial charge in [0.25, 0.3) is 0 Å². The van der Waals surface area contributed by atoms with E-state index in [0.717, 1.165) is 15.8 Å². The lowest BCUT2D eigenvalue weighted by Crippen LogP contribution is -2.56. The molecule has 1 N–H and O–H groups in total. The second-order valence-corrected chi connectivity index (χ2v) is 10.3. The molecule has 5 nitrogen and oxygen atoms in total. The van der Waals surface area contributed by atoms with Gasteiger partial charge in [0.15, 0.2) is 5.82 Å². The zero-order valence-electron chi connectivity index (χ0n) is 19.5. The molecule has 5 rings (SSSR count). The number of hydrogen-bond donors (Lipinski definition) is 1. The van der Waals surface area contributed by atoms with Gasteiger partial charge in [0.05, 0.1) is 5.02 Å². The van der Waals surface area contributed by atoms with E-state index in [9.17, 15) is 9.90 Å². The Morgan fingerprint density at radius 1 is 1.26 bits per heavy atom. The molecule has 0 saturated carbocycles. The van der Waals surface area contributed by atoms with E-state index in [0.29, 0.717) is 30.6 Å². The molecule has 0 unspecified atom stereocenters. The third-order valence-corrected chi connectivity index (χ3v) is 7.90. The van der Waals surface area contributed by atoms with Crippen molar-refractivity contribution in [2.45, 2.75) is 19.9 Å². The monoisotopic (exact) mass is 509 g/mol. The fraction of sp³-hybridized carbons (Fsp3) is 0.259. The van der Waals surface area contributed by atoms with Crippen molar-refractivity contribution in [2.24, 2.45) is 5.92 Å². The van der Waals surface area contributed by atoms with Crippen molar-refractivity contribution in [2.75, 3.05) is 24.5 Å². The van der Waals surface area contributed by atoms with Gasteiger partial charge in [0.2, 0.25) is 5.91 Å². The maximum atomic E-state index is 16.0. The largest absolute Gasteiger partial charge is 0.508 e. The van der Waals surface area contributed by atoms with Crippen molar-refractivity contribution in [1.29, 1.82) is 0 Å². The van der Waals surface area contributed by atoms with Gasteiger partial charge in [0, 0.05) is 36.6 Å². The standard InChI is InChI=1S/C27H25ClFN3O2S/c1-4-23(34)31-9-10-32(22(14-31)15(2)3)27-20-13-21(28)24(25(29)26(20)30-35-27)19-12-17(33)11-16-7-5-6-8-18(16)19/h4-8,11-13,15,22,33H,1,9-10,14H2,2-3H3/t22-/m1/s1. The van der Waals surface area contributed by atoms with Gasteiger partial charge < -0.3 is 14.9 Å². The molecule has 0 radical (unpaired) electrons. The van der Waals surface area contributed by atoms with Crippen molar-refractivity contribution in [3.05, 3.63) is 66.0 Å². The van der Waals surface area contributed by atoms with Crippen molar-refractivity contribution >= 4 is 55.7 Å². The molecule has 1 aliphatic heterocycles. The molecule has 0 bridgehead atoms. The normalized spacial score (nSPS) is 16.4. The molecule has 1 saturated heterocycles. The van der Waals surface area contributed by atoms with Gasteiger partial charge in [-0.2, -0.15) is 4.37 Å². The van der Waals surface area contributed by atoms with Crippen LogP contribution in [0.5, 0.6) is 5.75 Å². The minimum Gasteiger partial charge on any atom is -0.508 e. The van der Waals surface area contributed by atoms with Crippen molar-refractivity contribution in [1.82, 2.24) is 9.27 Å². The number of anilines is 1. The first-order valence-electron chi connectivity index (χ1n) is 11.5. The number of carbonyl (C=O) groups excluding carboxylic acids is 1. The van der Waals surface area contributed by atoms with E-state index in [-0.39, 0.29) is 39.7 Å². The Bertz CT molecular complexity index is 1470. The van der Waals surface area contributed by atoms with Crippen molar-refractivity contribution in [3.8, 4) is 16.9 Å². The van der Waals surface area contributed by atoms with E-state index in [1.54, 1.807) is 17.0 Å². The average Bonchev–Trinajstić information content (AvgIpc) is 3.26. The first-order valence-corrected chi connectivity index (χ1v) is 12.6. The Balaban J connectivity index is 1.63. The topological polar surface area (TPSA) is 56.7 Å². The summed E-state index contributed by atoms with van der Waals surface area (Å²) in [6.45, 7) is 9.56. The first kappa shape index (κ1) is 23.6. The van der Waals surface area contributed by atoms with Gasteiger partial charge in [-0.25, -0.2) is 4.39 Å². The smallest absolute Gasteiger partial charge is 0.246 e. The number of nitrogens with zero attached hydrogens (tertiary/aromatic N) is 3. The van der Waals surface area contributed by atoms with Crippen LogP contribution < -0.4 is 4.90 Å². The van der Waals surface area contributed by atoms with Crippen molar-refractivity contribution < 1.29 is 14.3 Å². The van der Waals surface area contributed by atoms with Crippen molar-refractivity contribution in [3.63, 3.8) is 0 Å². The van der Waals surface area contributed by atoms with E-state index >= 15 is 4.39 Å². The fourth-order valence-electron chi connectivity index (χ4n) is 4.92. The Hall–Kier alpha value is -3.16. The Kier molecular flexibility index (Phi) is 6.15. The molecule has 1 amide bonds. The molecule has 1 aromatic heterocycles. The lowest BCUT2D eigenvalue weighted by molar-refractivity contribution is -0.126. The number of aromatic hydroxyl groups is 1. The second-order valence-electron chi connectivity index (χ2n) is 9.14. The van der Waals surface area contributed by atoms with Gasteiger partial charge in [-0.05, 0) is 58.1 Å². The number of fused-ring (bicyclic) bond motifs is 2. The van der Waals surface area contributed by atoms with E-state index in [1.807, 2.05) is 24.3 Å². The maximum absolute atomic E-state index is 16.0. The molecule has 1 aliphatic rings. The predicted molar refractivity (Wildman–Crippen MR) is 142 cm³/mol. The second kappa shape index (κ2) is 9.13. The van der Waals surface area contributed by atoms with Crippen LogP contribution in [-0.2, 0) is 4.79 Å². The summed E-state index contributed by atoms with van der Waals surface area (Å²) in [6, 6.07) is 12.5. The van der Waals surface area contributed by atoms with E-state index < -0.39 is 5.82 Å². The Labute approximate surface area is 212 Å². The minimum atomic E-state index is -0.507. The summed E-state index contributed by atoms with van der Waals surface area (Å²) in [4.78, 5) is 16.2. The number of piperazine rings is 1. The highest BCUT2D eigenvalue weighted by atomic mass is 35.5. The average molecular weight is 510 g/mol. The Morgan fingerprint density at radius 3 is 2.77 bits per heavy atom. The molecule has 8 heteroatoms. The Morgan fingerprint density at radius 2 is 2.03 bits per heavy atom. The van der Waals surface area contributed by atoms with Gasteiger partial charge in [-0.3, -0.25) is 4.79 Å². The number of halogens is 2. The number of aromatic nitrogens is 1. The highest BCUT2D eigenvalue weighted by Crippen LogP contribution is 2.44. The summed E-state index contributed by atoms with van der Waals surface area (Å²) in [5.74, 6) is -0.292. The zero-order valence-corrected chi connectivity index (χ0v) is 21.0. The lowest BCUT2D eigenvalue weighted by atomic mass is 9.96. The number of rotatable bonds is 4. The summed E-state index contributed by atoms with van der Waals surface area (Å²) in [7, 11) is 0. The molecule has 0 aliphatic carbocycles. The maximum Gasteiger partial charge on any atom is 0.246 e. The van der Waals surface area contributed by atoms with E-state index in [2.05, 4.69) is 29.7 Å². The molecule has 180 valence electrons. The number of carbonyl (C=O) groups is 1. The number of phenols is 1. The van der Waals surface area contributed by atoms with Crippen LogP contribution in [0.2, 0.25) is 5.02 Å². The zero-order chi connectivity index (χ0) is 24.9. The molecule has 1 atom stereocenters. The number of hydrogen-bond acceptors (Lipinski definition) is 5. The SMILES string of the molecule is C=CC(=O)N1CCN(c2snc3c(F)c(-c4cc(O)cc5ccccc45)c(Cl)cc23)[C@@H](C(C)C)C1. The number of amides is 1. The third kappa shape index (κ3) is 4.02. The molecule has 1 fully saturated rings. The molecule has 4 aromatic rings. The predicted octanol–water partition coefficient (Wildman–Crippen LogP) is 6.47. The van der Waals surface area contributed by atoms with Crippen LogP contribution in [0, 0.1) is 11.7 Å². The lowest BCUT2D eigenvalue weighted by Gasteiger charge is -2.43. The summed E-state index contributed by atoms with van der Waals surface area (Å²) in [5, 5.41) is 13.6. The highest BCUT2D eigenvalue weighted by Gasteiger charge is 2.33. The summed E-state index contributed by atoms with van der Waals surface area (Å²) >= 11 is 7.96. The van der Waals surface area contributed by atoms with E-state index in [4.69, 9.17) is 11.6 Å². The number of benzene rings is 3. The third-order valence-electron chi connectivity index (χ3n) is 6.70. The van der Waals surface area contributed by atoms with Gasteiger partial charge >= 0.3 is 0 Å². The van der Waals surface area contributed by atoms with Crippen LogP contribution in [0.25, 0.3) is 32.8 Å². The molecule has 3 aromatic carbocycles. The molecular weight excluding hydrogens is 485 g/mol. The number of phenolic OH excluding ortho intramolecular Hbond substituents is 1. The molecular formula is C27H25ClFN3O2S. The molecule has 2 heterocycles. The van der Waals surface area contributed by atoms with Crippen LogP contribution in [0.4, 0.5) is 9.39 Å². The summed E-state index contributed by atoms with van der Waals surface area (Å²) in [6.07, 6.45) is 1.34.